The molecule has 0 rings (SSSR count). The molecule has 0 spiro atoms. The highest BCUT2D eigenvalue weighted by atomic mass is 31.3. The Labute approximate surface area is 89.2 Å². The van der Waals surface area contributed by atoms with Crippen molar-refractivity contribution >= 4 is 15.6 Å². The summed E-state index contributed by atoms with van der Waals surface area (Å²) in [6.45, 7) is 3.37. The molecule has 0 bridgehead atoms. The Kier molecular flexibility index (Phi) is 6.88. The number of phosphoric acid groups is 2. The zero-order chi connectivity index (χ0) is 11.9. The Morgan fingerprint density at radius 2 is 1.27 bits per heavy atom. The van der Waals surface area contributed by atoms with Gasteiger partial charge in [-0.05, 0) is 13.8 Å². The molecule has 0 aromatic rings. The first-order valence-electron chi connectivity index (χ1n) is 4.27. The lowest BCUT2D eigenvalue weighted by Crippen LogP contribution is -2.01. The molecular weight excluding hydrogens is 246 g/mol. The van der Waals surface area contributed by atoms with Crippen LogP contribution in [0.3, 0.4) is 0 Å². The van der Waals surface area contributed by atoms with Crippen LogP contribution in [0.1, 0.15) is 13.8 Å². The number of hydrogen-bond donors (Lipinski definition) is 0. The van der Waals surface area contributed by atoms with Gasteiger partial charge in [-0.1, -0.05) is 0 Å². The van der Waals surface area contributed by atoms with Crippen molar-refractivity contribution in [1.82, 2.24) is 0 Å². The summed E-state index contributed by atoms with van der Waals surface area (Å²) >= 11 is 0. The van der Waals surface area contributed by atoms with Crippen molar-refractivity contribution in [3.63, 3.8) is 0 Å². The van der Waals surface area contributed by atoms with Crippen LogP contribution in [-0.4, -0.2) is 27.4 Å². The Morgan fingerprint density at radius 1 is 0.867 bits per heavy atom. The van der Waals surface area contributed by atoms with Crippen LogP contribution >= 0.6 is 15.6 Å². The largest absolute Gasteiger partial charge is 0.483 e. The average Bonchev–Trinajstić information content (AvgIpc) is 2.18. The molecule has 92 valence electrons. The van der Waals surface area contributed by atoms with Gasteiger partial charge in [0.05, 0.1) is 13.2 Å². The lowest BCUT2D eigenvalue weighted by atomic mass is 10.9. The molecule has 7 nitrogen and oxygen atoms in total. The molecule has 0 aromatic carbocycles. The molecule has 0 heterocycles. The van der Waals surface area contributed by atoms with E-state index in [1.54, 1.807) is 13.8 Å². The molecule has 0 aliphatic carbocycles. The van der Waals surface area contributed by atoms with E-state index >= 15 is 0 Å². The summed E-state index contributed by atoms with van der Waals surface area (Å²) in [6, 6.07) is 0. The molecule has 0 saturated carbocycles. The van der Waals surface area contributed by atoms with Gasteiger partial charge < -0.3 is 0 Å². The van der Waals surface area contributed by atoms with Gasteiger partial charge >= 0.3 is 15.6 Å². The van der Waals surface area contributed by atoms with Gasteiger partial charge in [0.25, 0.3) is 0 Å². The predicted molar refractivity (Wildman–Crippen MR) is 53.6 cm³/mol. The van der Waals surface area contributed by atoms with Gasteiger partial charge in [-0.3, -0.25) is 18.1 Å². The molecule has 0 unspecified atom stereocenters. The Balaban J connectivity index is 4.66. The fourth-order valence-electron chi connectivity index (χ4n) is 0.664. The highest BCUT2D eigenvalue weighted by molar-refractivity contribution is 7.62. The number of phosphoric ester groups is 2. The van der Waals surface area contributed by atoms with Gasteiger partial charge in [-0.15, -0.1) is 0 Å². The molecule has 0 N–H and O–H groups in total. The van der Waals surface area contributed by atoms with Crippen molar-refractivity contribution in [1.29, 1.82) is 0 Å². The quantitative estimate of drug-likeness (QED) is 0.622. The minimum Gasteiger partial charge on any atom is -0.290 e. The van der Waals surface area contributed by atoms with Crippen LogP contribution in [0.5, 0.6) is 0 Å². The van der Waals surface area contributed by atoms with Gasteiger partial charge in [0.15, 0.2) is 0 Å². The summed E-state index contributed by atoms with van der Waals surface area (Å²) in [5.74, 6) is 0. The molecule has 0 atom stereocenters. The summed E-state index contributed by atoms with van der Waals surface area (Å²) in [4.78, 5) is 0. The molecule has 0 fully saturated rings. The van der Waals surface area contributed by atoms with Crippen molar-refractivity contribution < 1.29 is 31.5 Å². The van der Waals surface area contributed by atoms with Gasteiger partial charge in [-0.25, -0.2) is 9.13 Å². The second kappa shape index (κ2) is 6.76. The number of hydrogen-bond acceptors (Lipinski definition) is 7. The summed E-state index contributed by atoms with van der Waals surface area (Å²) in [6.07, 6.45) is 0. The first-order valence-corrected chi connectivity index (χ1v) is 7.19. The normalized spacial score (nSPS) is 13.1. The molecule has 0 aromatic heterocycles. The summed E-state index contributed by atoms with van der Waals surface area (Å²) in [5.41, 5.74) is 0. The Hall–Kier alpha value is 0.260. The van der Waals surface area contributed by atoms with Crippen LogP contribution in [0.15, 0.2) is 0 Å². The molecule has 9 heteroatoms. The van der Waals surface area contributed by atoms with E-state index < -0.39 is 15.6 Å². The van der Waals surface area contributed by atoms with Crippen molar-refractivity contribution in [2.45, 2.75) is 13.8 Å². The van der Waals surface area contributed by atoms with Gasteiger partial charge in [0, 0.05) is 14.2 Å². The van der Waals surface area contributed by atoms with E-state index in [9.17, 15) is 9.13 Å². The van der Waals surface area contributed by atoms with Crippen molar-refractivity contribution in [3.05, 3.63) is 0 Å². The van der Waals surface area contributed by atoms with Crippen LogP contribution in [0.2, 0.25) is 0 Å². The molecular formula is C6H16O7P2. The molecule has 15 heavy (non-hydrogen) atoms. The zero-order valence-corrected chi connectivity index (χ0v) is 11.0. The second-order valence-electron chi connectivity index (χ2n) is 2.18. The molecule has 0 aliphatic rings. The van der Waals surface area contributed by atoms with E-state index in [0.717, 1.165) is 14.2 Å². The lowest BCUT2D eigenvalue weighted by molar-refractivity contribution is 0.135. The highest BCUT2D eigenvalue weighted by Crippen LogP contribution is 2.65. The van der Waals surface area contributed by atoms with E-state index in [4.69, 9.17) is 9.05 Å². The van der Waals surface area contributed by atoms with E-state index in [-0.39, 0.29) is 13.2 Å². The van der Waals surface area contributed by atoms with Gasteiger partial charge in [-0.2, -0.15) is 4.31 Å². The fraction of sp³-hybridized carbons (Fsp3) is 1.00. The van der Waals surface area contributed by atoms with Crippen LogP contribution in [0, 0.1) is 0 Å². The third-order valence-corrected chi connectivity index (χ3v) is 4.86. The predicted octanol–water partition coefficient (Wildman–Crippen LogP) is 2.59. The Bertz CT molecular complexity index is 248. The highest BCUT2D eigenvalue weighted by Gasteiger charge is 2.38. The summed E-state index contributed by atoms with van der Waals surface area (Å²) < 4.78 is 46.3. The maximum atomic E-state index is 11.7. The van der Waals surface area contributed by atoms with E-state index in [2.05, 4.69) is 13.4 Å². The topological polar surface area (TPSA) is 80.3 Å². The average molecular weight is 262 g/mol. The van der Waals surface area contributed by atoms with Crippen LogP contribution < -0.4 is 0 Å². The molecule has 0 radical (unpaired) electrons. The Morgan fingerprint density at radius 3 is 1.53 bits per heavy atom. The van der Waals surface area contributed by atoms with Crippen LogP contribution in [0.4, 0.5) is 0 Å². The van der Waals surface area contributed by atoms with E-state index in [0.29, 0.717) is 0 Å². The third kappa shape index (κ3) is 5.22. The minimum absolute atomic E-state index is 0.0880. The smallest absolute Gasteiger partial charge is 0.290 e. The maximum absolute atomic E-state index is 11.7. The molecule has 0 amide bonds. The first kappa shape index (κ1) is 15.3. The SMILES string of the molecule is CCOP(=O)(OCC)OP(=O)(OC)OC. The minimum atomic E-state index is -3.89. The van der Waals surface area contributed by atoms with Crippen LogP contribution in [-0.2, 0) is 31.5 Å². The van der Waals surface area contributed by atoms with E-state index in [1.165, 1.54) is 0 Å². The van der Waals surface area contributed by atoms with Crippen molar-refractivity contribution in [2.24, 2.45) is 0 Å². The molecule has 0 saturated heterocycles. The standard InChI is InChI=1S/C6H16O7P2/c1-5-11-15(8,12-6-2)13-14(7,9-3)10-4/h5-6H2,1-4H3. The second-order valence-corrected chi connectivity index (χ2v) is 5.87. The summed E-state index contributed by atoms with van der Waals surface area (Å²) in [5, 5.41) is 0. The van der Waals surface area contributed by atoms with Crippen LogP contribution in [0.25, 0.3) is 0 Å². The number of rotatable bonds is 8. The van der Waals surface area contributed by atoms with Gasteiger partial charge in [0.1, 0.15) is 0 Å². The van der Waals surface area contributed by atoms with E-state index in [1.807, 2.05) is 0 Å². The zero-order valence-electron chi connectivity index (χ0n) is 9.17. The third-order valence-electron chi connectivity index (χ3n) is 1.22. The molecule has 0 aliphatic heterocycles. The lowest BCUT2D eigenvalue weighted by Gasteiger charge is -2.19. The van der Waals surface area contributed by atoms with Crippen molar-refractivity contribution in [3.8, 4) is 0 Å². The van der Waals surface area contributed by atoms with Crippen molar-refractivity contribution in [2.75, 3.05) is 27.4 Å². The summed E-state index contributed by atoms with van der Waals surface area (Å²) in [7, 11) is -5.55. The van der Waals surface area contributed by atoms with Gasteiger partial charge in [0.2, 0.25) is 0 Å². The first-order chi connectivity index (χ1) is 6.95. The monoisotopic (exact) mass is 262 g/mol. The maximum Gasteiger partial charge on any atom is 0.483 e. The fourth-order valence-corrected chi connectivity index (χ4v) is 3.41.